The van der Waals surface area contributed by atoms with Gasteiger partial charge in [0.15, 0.2) is 0 Å². The third kappa shape index (κ3) is 3.54. The first-order valence-corrected chi connectivity index (χ1v) is 6.13. The lowest BCUT2D eigenvalue weighted by molar-refractivity contribution is -0.385. The summed E-state index contributed by atoms with van der Waals surface area (Å²) in [7, 11) is 0. The van der Waals surface area contributed by atoms with Crippen molar-refractivity contribution in [1.29, 1.82) is 0 Å². The third-order valence-corrected chi connectivity index (χ3v) is 3.23. The fourth-order valence-electron chi connectivity index (χ4n) is 1.83. The van der Waals surface area contributed by atoms with E-state index in [2.05, 4.69) is 10.3 Å². The van der Waals surface area contributed by atoms with Crippen molar-refractivity contribution >= 4 is 29.1 Å². The molecule has 0 saturated heterocycles. The summed E-state index contributed by atoms with van der Waals surface area (Å²) in [6.45, 7) is 0. The van der Waals surface area contributed by atoms with Crippen LogP contribution in [0.25, 0.3) is 0 Å². The standard InChI is InChI=1S/C11H12ClN3O4/c12-8-3-7(15(18)19)5-13-11(8)14-9(4-10(16)17)6-1-2-6/h3,5-6,9H,1-2,4H2,(H,13,14)(H,16,17). The zero-order valence-electron chi connectivity index (χ0n) is 9.88. The summed E-state index contributed by atoms with van der Waals surface area (Å²) >= 11 is 5.90. The molecule has 0 aliphatic heterocycles. The highest BCUT2D eigenvalue weighted by Crippen LogP contribution is 2.36. The Bertz CT molecular complexity index is 519. The van der Waals surface area contributed by atoms with Crippen molar-refractivity contribution in [3.63, 3.8) is 0 Å². The summed E-state index contributed by atoms with van der Waals surface area (Å²) in [5.74, 6) is -0.322. The van der Waals surface area contributed by atoms with Crippen molar-refractivity contribution in [2.24, 2.45) is 5.92 Å². The maximum absolute atomic E-state index is 10.8. The molecule has 0 aromatic carbocycles. The lowest BCUT2D eigenvalue weighted by Crippen LogP contribution is -2.26. The van der Waals surface area contributed by atoms with Gasteiger partial charge in [-0.1, -0.05) is 11.6 Å². The van der Waals surface area contributed by atoms with E-state index in [4.69, 9.17) is 16.7 Å². The van der Waals surface area contributed by atoms with E-state index in [1.165, 1.54) is 6.07 Å². The smallest absolute Gasteiger partial charge is 0.305 e. The molecule has 0 radical (unpaired) electrons. The van der Waals surface area contributed by atoms with Gasteiger partial charge in [-0.25, -0.2) is 4.98 Å². The Morgan fingerprint density at radius 2 is 2.37 bits per heavy atom. The SMILES string of the molecule is O=C(O)CC(Nc1ncc([N+](=O)[O-])cc1Cl)C1CC1. The van der Waals surface area contributed by atoms with Gasteiger partial charge < -0.3 is 10.4 Å². The molecular weight excluding hydrogens is 274 g/mol. The van der Waals surface area contributed by atoms with Crippen molar-refractivity contribution in [3.8, 4) is 0 Å². The van der Waals surface area contributed by atoms with Crippen LogP contribution in [0.2, 0.25) is 5.02 Å². The molecule has 0 bridgehead atoms. The largest absolute Gasteiger partial charge is 0.481 e. The van der Waals surface area contributed by atoms with E-state index >= 15 is 0 Å². The van der Waals surface area contributed by atoms with Crippen LogP contribution in [0, 0.1) is 16.0 Å². The summed E-state index contributed by atoms with van der Waals surface area (Å²) in [4.78, 5) is 24.6. The van der Waals surface area contributed by atoms with Crippen LogP contribution in [0.5, 0.6) is 0 Å². The van der Waals surface area contributed by atoms with E-state index in [0.29, 0.717) is 5.92 Å². The number of rotatable bonds is 6. The van der Waals surface area contributed by atoms with Crippen LogP contribution in [0.4, 0.5) is 11.5 Å². The maximum Gasteiger partial charge on any atom is 0.305 e. The van der Waals surface area contributed by atoms with Gasteiger partial charge in [-0.15, -0.1) is 0 Å². The zero-order chi connectivity index (χ0) is 14.0. The lowest BCUT2D eigenvalue weighted by Gasteiger charge is -2.17. The van der Waals surface area contributed by atoms with Gasteiger partial charge in [-0.2, -0.15) is 0 Å². The summed E-state index contributed by atoms with van der Waals surface area (Å²) in [6, 6.07) is 0.950. The molecule has 2 N–H and O–H groups in total. The summed E-state index contributed by atoms with van der Waals surface area (Å²) in [5, 5.41) is 22.5. The van der Waals surface area contributed by atoms with Crippen LogP contribution >= 0.6 is 11.6 Å². The zero-order valence-corrected chi connectivity index (χ0v) is 10.6. The predicted molar refractivity (Wildman–Crippen MR) is 68.3 cm³/mol. The highest BCUT2D eigenvalue weighted by atomic mass is 35.5. The van der Waals surface area contributed by atoms with Crippen molar-refractivity contribution in [2.45, 2.75) is 25.3 Å². The van der Waals surface area contributed by atoms with Crippen LogP contribution in [0.3, 0.4) is 0 Å². The minimum absolute atomic E-state index is 0.0281. The number of anilines is 1. The monoisotopic (exact) mass is 285 g/mol. The van der Waals surface area contributed by atoms with Gasteiger partial charge in [-0.3, -0.25) is 14.9 Å². The minimum atomic E-state index is -0.901. The van der Waals surface area contributed by atoms with Crippen LogP contribution in [0.15, 0.2) is 12.3 Å². The molecule has 0 amide bonds. The molecule has 1 aromatic rings. The van der Waals surface area contributed by atoms with Crippen LogP contribution in [-0.2, 0) is 4.79 Å². The van der Waals surface area contributed by atoms with Crippen LogP contribution in [-0.4, -0.2) is 27.0 Å². The van der Waals surface area contributed by atoms with E-state index in [-0.39, 0.29) is 29.0 Å². The number of carbonyl (C=O) groups is 1. The van der Waals surface area contributed by atoms with Crippen LogP contribution < -0.4 is 5.32 Å². The highest BCUT2D eigenvalue weighted by molar-refractivity contribution is 6.33. The Labute approximate surface area is 113 Å². The summed E-state index contributed by atoms with van der Waals surface area (Å²) in [6.07, 6.45) is 3.00. The van der Waals surface area contributed by atoms with E-state index in [0.717, 1.165) is 19.0 Å². The molecule has 1 atom stereocenters. The highest BCUT2D eigenvalue weighted by Gasteiger charge is 2.33. The lowest BCUT2D eigenvalue weighted by atomic mass is 10.1. The van der Waals surface area contributed by atoms with Crippen LogP contribution in [0.1, 0.15) is 19.3 Å². The molecule has 0 spiro atoms. The average molecular weight is 286 g/mol. The molecule has 8 heteroatoms. The Balaban J connectivity index is 2.12. The van der Waals surface area contributed by atoms with Gasteiger partial charge in [0.1, 0.15) is 12.0 Å². The first kappa shape index (κ1) is 13.5. The molecule has 1 fully saturated rings. The number of carboxylic acids is 1. The molecule has 19 heavy (non-hydrogen) atoms. The van der Waals surface area contributed by atoms with Crippen molar-refractivity contribution in [1.82, 2.24) is 4.98 Å². The Morgan fingerprint density at radius 1 is 1.68 bits per heavy atom. The molecule has 1 unspecified atom stereocenters. The number of nitro groups is 1. The molecule has 7 nitrogen and oxygen atoms in total. The molecular formula is C11H12ClN3O4. The van der Waals surface area contributed by atoms with E-state index in [1.807, 2.05) is 0 Å². The number of aromatic nitrogens is 1. The van der Waals surface area contributed by atoms with Gasteiger partial charge in [0.25, 0.3) is 5.69 Å². The number of nitrogens with zero attached hydrogens (tertiary/aromatic N) is 2. The molecule has 2 rings (SSSR count). The molecule has 102 valence electrons. The summed E-state index contributed by atoms with van der Waals surface area (Å²) < 4.78 is 0. The Morgan fingerprint density at radius 3 is 2.84 bits per heavy atom. The topological polar surface area (TPSA) is 105 Å². The average Bonchev–Trinajstić information content (AvgIpc) is 3.13. The quantitative estimate of drug-likeness (QED) is 0.614. The number of pyridine rings is 1. The Kier molecular flexibility index (Phi) is 3.84. The van der Waals surface area contributed by atoms with E-state index < -0.39 is 10.9 Å². The molecule has 1 saturated carbocycles. The third-order valence-electron chi connectivity index (χ3n) is 2.95. The molecule has 1 aliphatic rings. The number of halogens is 1. The second-order valence-corrected chi connectivity index (χ2v) is 4.87. The maximum atomic E-state index is 10.8. The van der Waals surface area contributed by atoms with Gasteiger partial charge in [0.05, 0.1) is 16.4 Å². The number of nitrogens with one attached hydrogen (secondary N) is 1. The second kappa shape index (κ2) is 5.40. The van der Waals surface area contributed by atoms with E-state index in [1.54, 1.807) is 0 Å². The molecule has 1 aromatic heterocycles. The van der Waals surface area contributed by atoms with Gasteiger partial charge in [0, 0.05) is 12.1 Å². The first-order chi connectivity index (χ1) is 8.97. The van der Waals surface area contributed by atoms with Gasteiger partial charge in [-0.05, 0) is 18.8 Å². The number of hydrogen-bond acceptors (Lipinski definition) is 5. The fraction of sp³-hybridized carbons (Fsp3) is 0.455. The normalized spacial score (nSPS) is 15.8. The predicted octanol–water partition coefficient (Wildman–Crippen LogP) is 2.31. The second-order valence-electron chi connectivity index (χ2n) is 4.47. The number of aliphatic carboxylic acids is 1. The van der Waals surface area contributed by atoms with Crippen molar-refractivity contribution in [3.05, 3.63) is 27.4 Å². The fourth-order valence-corrected chi connectivity index (χ4v) is 2.05. The molecule has 1 heterocycles. The van der Waals surface area contributed by atoms with Crippen molar-refractivity contribution < 1.29 is 14.8 Å². The molecule has 1 aliphatic carbocycles. The van der Waals surface area contributed by atoms with E-state index in [9.17, 15) is 14.9 Å². The van der Waals surface area contributed by atoms with Crippen molar-refractivity contribution in [2.75, 3.05) is 5.32 Å². The minimum Gasteiger partial charge on any atom is -0.481 e. The summed E-state index contributed by atoms with van der Waals surface area (Å²) in [5.41, 5.74) is -0.197. The number of hydrogen-bond donors (Lipinski definition) is 2. The number of carboxylic acid groups (broad SMARTS) is 1. The van der Waals surface area contributed by atoms with Gasteiger partial charge in [0.2, 0.25) is 0 Å². The Hall–Kier alpha value is -1.89. The first-order valence-electron chi connectivity index (χ1n) is 5.75. The van der Waals surface area contributed by atoms with Gasteiger partial charge >= 0.3 is 5.97 Å².